The van der Waals surface area contributed by atoms with Crippen molar-refractivity contribution in [3.63, 3.8) is 0 Å². The van der Waals surface area contributed by atoms with E-state index in [2.05, 4.69) is 4.37 Å². The first kappa shape index (κ1) is 18.2. The molecule has 0 fully saturated rings. The Hall–Kier alpha value is -3.14. The zero-order valence-corrected chi connectivity index (χ0v) is 15.5. The lowest BCUT2D eigenvalue weighted by atomic mass is 10.1. The molecule has 0 spiro atoms. The molecule has 0 saturated heterocycles. The van der Waals surface area contributed by atoms with E-state index >= 15 is 0 Å². The van der Waals surface area contributed by atoms with Gasteiger partial charge in [0.05, 0.1) is 16.1 Å². The molecule has 0 N–H and O–H groups in total. The van der Waals surface area contributed by atoms with E-state index in [0.717, 1.165) is 22.0 Å². The predicted molar refractivity (Wildman–Crippen MR) is 99.9 cm³/mol. The van der Waals surface area contributed by atoms with E-state index in [1.807, 2.05) is 29.9 Å². The largest absolute Gasteiger partial charge is 0.431 e. The summed E-state index contributed by atoms with van der Waals surface area (Å²) >= 11 is 1.26. The van der Waals surface area contributed by atoms with Crippen LogP contribution in [0.2, 0.25) is 0 Å². The minimum absolute atomic E-state index is 0.183. The smallest absolute Gasteiger partial charge is 0.349 e. The van der Waals surface area contributed by atoms with Gasteiger partial charge in [-0.3, -0.25) is 9.36 Å². The van der Waals surface area contributed by atoms with Crippen molar-refractivity contribution in [1.82, 2.24) is 18.1 Å². The molecule has 0 atom stereocenters. The van der Waals surface area contributed by atoms with Crippen LogP contribution in [0.3, 0.4) is 0 Å². The van der Waals surface area contributed by atoms with Gasteiger partial charge in [0.2, 0.25) is 0 Å². The second-order valence-electron chi connectivity index (χ2n) is 6.26. The lowest BCUT2D eigenvalue weighted by molar-refractivity contribution is -0.144. The topological polar surface area (TPSA) is 61.8 Å². The molecule has 1 aromatic carbocycles. The third kappa shape index (κ3) is 2.76. The van der Waals surface area contributed by atoms with Crippen LogP contribution in [0.4, 0.5) is 13.2 Å². The van der Waals surface area contributed by atoms with Gasteiger partial charge in [0, 0.05) is 31.7 Å². The molecule has 0 radical (unpaired) electrons. The van der Waals surface area contributed by atoms with Gasteiger partial charge in [0.25, 0.3) is 5.56 Å². The molecule has 4 rings (SSSR count). The van der Waals surface area contributed by atoms with Crippen molar-refractivity contribution >= 4 is 21.6 Å². The average molecular weight is 406 g/mol. The number of aryl methyl sites for hydroxylation is 1. The molecule has 0 saturated carbocycles. The van der Waals surface area contributed by atoms with Crippen LogP contribution < -0.4 is 11.2 Å². The van der Waals surface area contributed by atoms with Gasteiger partial charge in [-0.2, -0.15) is 17.5 Å². The fourth-order valence-electron chi connectivity index (χ4n) is 3.09. The predicted octanol–water partition coefficient (Wildman–Crippen LogP) is 3.17. The molecule has 144 valence electrons. The van der Waals surface area contributed by atoms with Crippen molar-refractivity contribution in [1.29, 1.82) is 0 Å². The molecule has 3 heterocycles. The zero-order valence-electron chi connectivity index (χ0n) is 14.7. The fourth-order valence-corrected chi connectivity index (χ4v) is 3.86. The minimum Gasteiger partial charge on any atom is -0.349 e. The zero-order chi connectivity index (χ0) is 20.2. The monoisotopic (exact) mass is 406 g/mol. The van der Waals surface area contributed by atoms with Gasteiger partial charge < -0.3 is 4.57 Å². The van der Waals surface area contributed by atoms with Gasteiger partial charge in [0.1, 0.15) is 11.4 Å². The number of hydrogen-bond donors (Lipinski definition) is 0. The molecule has 0 amide bonds. The maximum atomic E-state index is 13.0. The van der Waals surface area contributed by atoms with E-state index in [1.165, 1.54) is 17.6 Å². The van der Waals surface area contributed by atoms with Gasteiger partial charge in [-0.1, -0.05) is 0 Å². The van der Waals surface area contributed by atoms with Gasteiger partial charge >= 0.3 is 11.9 Å². The highest BCUT2D eigenvalue weighted by Crippen LogP contribution is 2.32. The number of nitrogens with zero attached hydrogens (tertiary/aromatic N) is 4. The number of hydrogen-bond acceptors (Lipinski definition) is 4. The van der Waals surface area contributed by atoms with Crippen LogP contribution in [0.1, 0.15) is 5.69 Å². The number of rotatable bonds is 2. The van der Waals surface area contributed by atoms with Crippen molar-refractivity contribution in [3.8, 4) is 17.1 Å². The number of benzene rings is 1. The van der Waals surface area contributed by atoms with Crippen LogP contribution in [-0.4, -0.2) is 18.1 Å². The van der Waals surface area contributed by atoms with Gasteiger partial charge in [0.15, 0.2) is 0 Å². The minimum atomic E-state index is -4.80. The molecule has 0 aliphatic rings. The lowest BCUT2D eigenvalue weighted by Gasteiger charge is -2.14. The molecular weight excluding hydrogens is 393 g/mol. The van der Waals surface area contributed by atoms with Crippen LogP contribution in [0.25, 0.3) is 27.2 Å². The molecule has 0 unspecified atom stereocenters. The first-order chi connectivity index (χ1) is 13.2. The van der Waals surface area contributed by atoms with E-state index in [-0.39, 0.29) is 5.69 Å². The molecular formula is C18H13F3N4O2S. The standard InChI is InChI=1S/C18H13F3N4O2S/c1-23-7-3-4-12(23)16-11-8-10(5-6-13(11)28-22-16)25-15(26)9-14(18(19,20)21)24(2)17(25)27/h3-9H,1-2H3. The highest BCUT2D eigenvalue weighted by molar-refractivity contribution is 7.13. The third-order valence-electron chi connectivity index (χ3n) is 4.51. The van der Waals surface area contributed by atoms with E-state index in [9.17, 15) is 22.8 Å². The summed E-state index contributed by atoms with van der Waals surface area (Å²) in [7, 11) is 2.85. The van der Waals surface area contributed by atoms with Gasteiger partial charge in [-0.05, 0) is 41.9 Å². The first-order valence-electron chi connectivity index (χ1n) is 8.10. The Morgan fingerprint density at radius 1 is 1.07 bits per heavy atom. The van der Waals surface area contributed by atoms with Crippen LogP contribution in [0.15, 0.2) is 52.2 Å². The molecule has 4 aromatic rings. The summed E-state index contributed by atoms with van der Waals surface area (Å²) in [5.74, 6) is 0. The van der Waals surface area contributed by atoms with E-state index in [4.69, 9.17) is 0 Å². The molecule has 0 aliphatic carbocycles. The second kappa shape index (κ2) is 6.20. The quantitative estimate of drug-likeness (QED) is 0.514. The summed E-state index contributed by atoms with van der Waals surface area (Å²) in [6, 6.07) is 8.97. The Morgan fingerprint density at radius 2 is 1.82 bits per heavy atom. The highest BCUT2D eigenvalue weighted by Gasteiger charge is 2.35. The summed E-state index contributed by atoms with van der Waals surface area (Å²) in [5, 5.41) is 0.707. The van der Waals surface area contributed by atoms with Crippen molar-refractivity contribution in [3.05, 3.63) is 69.1 Å². The van der Waals surface area contributed by atoms with Crippen LogP contribution >= 0.6 is 11.5 Å². The number of aromatic nitrogens is 4. The average Bonchev–Trinajstić information content (AvgIpc) is 3.22. The molecule has 6 nitrogen and oxygen atoms in total. The van der Waals surface area contributed by atoms with Crippen LogP contribution in [0.5, 0.6) is 0 Å². The summed E-state index contributed by atoms with van der Waals surface area (Å²) in [4.78, 5) is 24.8. The maximum Gasteiger partial charge on any atom is 0.431 e. The Bertz CT molecular complexity index is 1330. The summed E-state index contributed by atoms with van der Waals surface area (Å²) in [6.45, 7) is 0. The van der Waals surface area contributed by atoms with Crippen molar-refractivity contribution < 1.29 is 13.2 Å². The van der Waals surface area contributed by atoms with Crippen molar-refractivity contribution in [2.75, 3.05) is 0 Å². The molecule has 28 heavy (non-hydrogen) atoms. The van der Waals surface area contributed by atoms with Crippen LogP contribution in [0, 0.1) is 0 Å². The third-order valence-corrected chi connectivity index (χ3v) is 5.34. The normalized spacial score (nSPS) is 12.0. The Labute approximate surface area is 159 Å². The molecule has 10 heteroatoms. The summed E-state index contributed by atoms with van der Waals surface area (Å²) in [5.41, 5.74) is -1.70. The van der Waals surface area contributed by atoms with Gasteiger partial charge in [-0.25, -0.2) is 9.36 Å². The molecule has 3 aromatic heterocycles. The fraction of sp³-hybridized carbons (Fsp3) is 0.167. The molecule has 0 bridgehead atoms. The Kier molecular flexibility index (Phi) is 4.03. The van der Waals surface area contributed by atoms with Crippen molar-refractivity contribution in [2.24, 2.45) is 14.1 Å². The number of fused-ring (bicyclic) bond motifs is 1. The maximum absolute atomic E-state index is 13.0. The van der Waals surface area contributed by atoms with Crippen molar-refractivity contribution in [2.45, 2.75) is 6.18 Å². The Morgan fingerprint density at radius 3 is 2.46 bits per heavy atom. The van der Waals surface area contributed by atoms with Gasteiger partial charge in [-0.15, -0.1) is 0 Å². The molecule has 0 aliphatic heterocycles. The van der Waals surface area contributed by atoms with Crippen LogP contribution in [-0.2, 0) is 20.3 Å². The summed E-state index contributed by atoms with van der Waals surface area (Å²) < 4.78 is 47.4. The highest BCUT2D eigenvalue weighted by atomic mass is 32.1. The SMILES string of the molecule is Cn1cccc1-c1nsc2ccc(-n3c(=O)cc(C(F)(F)F)n(C)c3=O)cc12. The van der Waals surface area contributed by atoms with E-state index in [0.29, 0.717) is 21.7 Å². The van der Waals surface area contributed by atoms with E-state index < -0.39 is 23.1 Å². The first-order valence-corrected chi connectivity index (χ1v) is 8.87. The number of alkyl halides is 3. The second-order valence-corrected chi connectivity index (χ2v) is 7.06. The number of halogens is 3. The summed E-state index contributed by atoms with van der Waals surface area (Å²) in [6.07, 6.45) is -2.94. The Balaban J connectivity index is 1.96. The lowest BCUT2D eigenvalue weighted by Crippen LogP contribution is -2.40. The van der Waals surface area contributed by atoms with E-state index in [1.54, 1.807) is 12.1 Å².